The quantitative estimate of drug-likeness (QED) is 0.796. The van der Waals surface area contributed by atoms with Crippen LogP contribution in [0.4, 0.5) is 0 Å². The number of nitrogens with zero attached hydrogens (tertiary/aromatic N) is 2. The van der Waals surface area contributed by atoms with Gasteiger partial charge in [-0.2, -0.15) is 0 Å². The predicted octanol–water partition coefficient (Wildman–Crippen LogP) is 2.93. The van der Waals surface area contributed by atoms with Gasteiger partial charge in [0.15, 0.2) is 0 Å². The number of rotatable bonds is 1. The highest BCUT2D eigenvalue weighted by atomic mass is 16.2. The molecule has 0 bridgehead atoms. The predicted molar refractivity (Wildman–Crippen MR) is 92.4 cm³/mol. The molecule has 2 aliphatic heterocycles. The Kier molecular flexibility index (Phi) is 4.30. The number of aryl methyl sites for hydroxylation is 1. The van der Waals surface area contributed by atoms with E-state index in [4.69, 9.17) is 0 Å². The van der Waals surface area contributed by atoms with Crippen molar-refractivity contribution in [1.29, 1.82) is 0 Å². The Labute approximate surface area is 143 Å². The lowest BCUT2D eigenvalue weighted by molar-refractivity contribution is -0.151. The molecule has 1 saturated heterocycles. The number of amides is 2. The number of hydrogen-bond donors (Lipinski definition) is 0. The molecular formula is C20H26N2O2. The largest absolute Gasteiger partial charge is 0.332 e. The van der Waals surface area contributed by atoms with Crippen molar-refractivity contribution in [2.24, 2.45) is 5.92 Å². The average Bonchev–Trinajstić information content (AvgIpc) is 2.82. The van der Waals surface area contributed by atoms with E-state index in [-0.39, 0.29) is 30.3 Å². The van der Waals surface area contributed by atoms with Gasteiger partial charge in [-0.25, -0.2) is 0 Å². The van der Waals surface area contributed by atoms with Gasteiger partial charge in [0.25, 0.3) is 0 Å². The first-order valence-corrected chi connectivity index (χ1v) is 9.40. The van der Waals surface area contributed by atoms with E-state index >= 15 is 0 Å². The molecule has 0 spiro atoms. The topological polar surface area (TPSA) is 40.6 Å². The zero-order valence-corrected chi connectivity index (χ0v) is 14.2. The molecular weight excluding hydrogens is 300 g/mol. The second kappa shape index (κ2) is 6.58. The lowest BCUT2D eigenvalue weighted by atomic mass is 9.87. The van der Waals surface area contributed by atoms with Crippen molar-refractivity contribution in [3.8, 4) is 0 Å². The van der Waals surface area contributed by atoms with Gasteiger partial charge in [-0.1, -0.05) is 43.5 Å². The second-order valence-electron chi connectivity index (χ2n) is 7.46. The zero-order valence-electron chi connectivity index (χ0n) is 14.2. The van der Waals surface area contributed by atoms with E-state index in [9.17, 15) is 9.59 Å². The average molecular weight is 326 g/mol. The van der Waals surface area contributed by atoms with E-state index in [1.165, 1.54) is 17.5 Å². The molecule has 3 aliphatic rings. The smallest absolute Gasteiger partial charge is 0.242 e. The van der Waals surface area contributed by atoms with E-state index in [2.05, 4.69) is 24.3 Å². The molecule has 1 aliphatic carbocycles. The number of piperazine rings is 1. The van der Waals surface area contributed by atoms with Crippen LogP contribution in [-0.4, -0.2) is 41.2 Å². The molecule has 1 aromatic carbocycles. The summed E-state index contributed by atoms with van der Waals surface area (Å²) in [4.78, 5) is 29.5. The van der Waals surface area contributed by atoms with Gasteiger partial charge in [0, 0.05) is 19.0 Å². The first kappa shape index (κ1) is 15.7. The minimum absolute atomic E-state index is 0.0393. The molecule has 0 N–H and O–H groups in total. The van der Waals surface area contributed by atoms with Crippen LogP contribution in [0.15, 0.2) is 24.3 Å². The van der Waals surface area contributed by atoms with Crippen LogP contribution in [0.25, 0.3) is 0 Å². The van der Waals surface area contributed by atoms with Crippen molar-refractivity contribution in [3.05, 3.63) is 35.4 Å². The Morgan fingerprint density at radius 3 is 2.67 bits per heavy atom. The Balaban J connectivity index is 1.59. The van der Waals surface area contributed by atoms with Gasteiger partial charge in [-0.15, -0.1) is 0 Å². The fourth-order valence-corrected chi connectivity index (χ4v) is 4.65. The van der Waals surface area contributed by atoms with Gasteiger partial charge in [0.05, 0.1) is 12.6 Å². The van der Waals surface area contributed by atoms with Gasteiger partial charge in [-0.05, 0) is 36.8 Å². The number of carbonyl (C=O) groups is 2. The van der Waals surface area contributed by atoms with Crippen molar-refractivity contribution >= 4 is 11.8 Å². The number of benzene rings is 1. The number of hydrogen-bond acceptors (Lipinski definition) is 2. The third kappa shape index (κ3) is 2.83. The van der Waals surface area contributed by atoms with Crippen molar-refractivity contribution in [3.63, 3.8) is 0 Å². The molecule has 128 valence electrons. The maximum absolute atomic E-state index is 12.9. The second-order valence-corrected chi connectivity index (χ2v) is 7.46. The summed E-state index contributed by atoms with van der Waals surface area (Å²) in [7, 11) is 0. The first-order valence-electron chi connectivity index (χ1n) is 9.40. The highest BCUT2D eigenvalue weighted by Crippen LogP contribution is 2.34. The summed E-state index contributed by atoms with van der Waals surface area (Å²) in [6.07, 6.45) is 7.56. The van der Waals surface area contributed by atoms with Gasteiger partial charge in [-0.3, -0.25) is 9.59 Å². The van der Waals surface area contributed by atoms with E-state index < -0.39 is 0 Å². The minimum atomic E-state index is 0.0393. The van der Waals surface area contributed by atoms with Crippen LogP contribution >= 0.6 is 0 Å². The molecule has 1 saturated carbocycles. The summed E-state index contributed by atoms with van der Waals surface area (Å²) in [5.41, 5.74) is 2.58. The van der Waals surface area contributed by atoms with Gasteiger partial charge in [0.1, 0.15) is 0 Å². The van der Waals surface area contributed by atoms with Crippen LogP contribution in [0.3, 0.4) is 0 Å². The Bertz CT molecular complexity index is 636. The molecule has 2 heterocycles. The van der Waals surface area contributed by atoms with Crippen LogP contribution in [0, 0.1) is 5.92 Å². The lowest BCUT2D eigenvalue weighted by Gasteiger charge is -2.42. The summed E-state index contributed by atoms with van der Waals surface area (Å²) in [6.45, 7) is 1.75. The van der Waals surface area contributed by atoms with E-state index in [1.54, 1.807) is 0 Å². The van der Waals surface area contributed by atoms with Gasteiger partial charge in [0.2, 0.25) is 11.8 Å². The molecule has 4 nitrogen and oxygen atoms in total. The van der Waals surface area contributed by atoms with Crippen LogP contribution in [0.2, 0.25) is 0 Å². The monoisotopic (exact) mass is 326 g/mol. The molecule has 1 unspecified atom stereocenters. The molecule has 2 fully saturated rings. The van der Waals surface area contributed by atoms with Crippen molar-refractivity contribution in [2.75, 3.05) is 19.6 Å². The maximum atomic E-state index is 12.9. The van der Waals surface area contributed by atoms with E-state index in [0.29, 0.717) is 6.54 Å². The summed E-state index contributed by atoms with van der Waals surface area (Å²) >= 11 is 0. The Hall–Kier alpha value is -1.84. The summed E-state index contributed by atoms with van der Waals surface area (Å²) < 4.78 is 0. The number of carbonyl (C=O) groups excluding carboxylic acids is 2. The molecule has 1 aromatic rings. The number of fused-ring (bicyclic) bond motifs is 3. The maximum Gasteiger partial charge on any atom is 0.242 e. The highest BCUT2D eigenvalue weighted by molar-refractivity contribution is 5.87. The summed E-state index contributed by atoms with van der Waals surface area (Å²) in [5, 5.41) is 0. The zero-order chi connectivity index (χ0) is 16.5. The molecule has 0 aromatic heterocycles. The lowest BCUT2D eigenvalue weighted by Crippen LogP contribution is -2.55. The molecule has 1 atom stereocenters. The molecule has 4 rings (SSSR count). The fraction of sp³-hybridized carbons (Fsp3) is 0.600. The molecule has 0 radical (unpaired) electrons. The van der Waals surface area contributed by atoms with Gasteiger partial charge < -0.3 is 9.80 Å². The van der Waals surface area contributed by atoms with Gasteiger partial charge >= 0.3 is 0 Å². The minimum Gasteiger partial charge on any atom is -0.332 e. The highest BCUT2D eigenvalue weighted by Gasteiger charge is 2.39. The van der Waals surface area contributed by atoms with Crippen molar-refractivity contribution in [2.45, 2.75) is 51.0 Å². The van der Waals surface area contributed by atoms with Crippen molar-refractivity contribution in [1.82, 2.24) is 9.80 Å². The third-order valence-corrected chi connectivity index (χ3v) is 5.94. The van der Waals surface area contributed by atoms with Crippen molar-refractivity contribution < 1.29 is 9.59 Å². The normalized spacial score (nSPS) is 25.0. The van der Waals surface area contributed by atoms with Crippen LogP contribution in [0.5, 0.6) is 0 Å². The van der Waals surface area contributed by atoms with E-state index in [0.717, 1.165) is 45.1 Å². The Morgan fingerprint density at radius 2 is 1.83 bits per heavy atom. The SMILES string of the molecule is O=C(C1CCCCC1)N1CC(=O)N2CCCc3ccccc3C2C1. The molecule has 2 amide bonds. The molecule has 4 heteroatoms. The third-order valence-electron chi connectivity index (χ3n) is 5.94. The van der Waals surface area contributed by atoms with E-state index in [1.807, 2.05) is 9.80 Å². The summed E-state index contributed by atoms with van der Waals surface area (Å²) in [6, 6.07) is 8.47. The molecule has 24 heavy (non-hydrogen) atoms. The van der Waals surface area contributed by atoms with Crippen LogP contribution < -0.4 is 0 Å². The standard InChI is InChI=1S/C20H26N2O2/c23-19-14-21(20(24)16-8-2-1-3-9-16)13-18-17-11-5-4-7-15(17)10-6-12-22(18)19/h4-5,7,11,16,18H,1-3,6,8-10,12-14H2. The Morgan fingerprint density at radius 1 is 1.04 bits per heavy atom. The first-order chi connectivity index (χ1) is 11.7. The van der Waals surface area contributed by atoms with Crippen LogP contribution in [0.1, 0.15) is 55.7 Å². The fourth-order valence-electron chi connectivity index (χ4n) is 4.65. The van der Waals surface area contributed by atoms with Crippen LogP contribution in [-0.2, 0) is 16.0 Å². The summed E-state index contributed by atoms with van der Waals surface area (Å²) in [5.74, 6) is 0.468.